The third-order valence-electron chi connectivity index (χ3n) is 5.50. The van der Waals surface area contributed by atoms with Gasteiger partial charge in [0.15, 0.2) is 0 Å². The van der Waals surface area contributed by atoms with Crippen LogP contribution in [0, 0.1) is 5.82 Å². The number of nitrogens with zero attached hydrogens (tertiary/aromatic N) is 4. The van der Waals surface area contributed by atoms with Gasteiger partial charge in [0, 0.05) is 45.0 Å². The first kappa shape index (κ1) is 18.6. The van der Waals surface area contributed by atoms with Gasteiger partial charge in [0.2, 0.25) is 0 Å². The Morgan fingerprint density at radius 1 is 1.00 bits per heavy atom. The first-order valence-electron chi connectivity index (χ1n) is 9.21. The van der Waals surface area contributed by atoms with Crippen molar-refractivity contribution in [2.45, 2.75) is 18.9 Å². The summed E-state index contributed by atoms with van der Waals surface area (Å²) < 4.78 is 13.0. The van der Waals surface area contributed by atoms with Crippen LogP contribution in [0.25, 0.3) is 0 Å². The number of piperazine rings is 1. The number of rotatable bonds is 2. The third kappa shape index (κ3) is 4.15. The standard InChI is InChI=1S/C19H27FN4O2/c1-21-9-7-16(8-10-21)22(2)18(25)19(26)24-13-11-23(12-14-24)17-5-3-15(20)4-6-17/h3-6,16H,7-14H2,1-2H3. The predicted octanol–water partition coefficient (Wildman–Crippen LogP) is 1.03. The smallest absolute Gasteiger partial charge is 0.312 e. The van der Waals surface area contributed by atoms with Gasteiger partial charge in [-0.15, -0.1) is 0 Å². The van der Waals surface area contributed by atoms with E-state index in [4.69, 9.17) is 0 Å². The zero-order valence-corrected chi connectivity index (χ0v) is 15.5. The lowest BCUT2D eigenvalue weighted by molar-refractivity contribution is -0.152. The van der Waals surface area contributed by atoms with Crippen molar-refractivity contribution >= 4 is 17.5 Å². The summed E-state index contributed by atoms with van der Waals surface area (Å²) in [7, 11) is 3.81. The van der Waals surface area contributed by atoms with Crippen molar-refractivity contribution in [3.8, 4) is 0 Å². The minimum Gasteiger partial charge on any atom is -0.368 e. The van der Waals surface area contributed by atoms with Crippen molar-refractivity contribution in [1.82, 2.24) is 14.7 Å². The van der Waals surface area contributed by atoms with Crippen molar-refractivity contribution in [2.24, 2.45) is 0 Å². The van der Waals surface area contributed by atoms with Crippen LogP contribution in [0.2, 0.25) is 0 Å². The molecule has 0 N–H and O–H groups in total. The molecule has 7 heteroatoms. The summed E-state index contributed by atoms with van der Waals surface area (Å²) in [4.78, 5) is 32.8. The second kappa shape index (κ2) is 8.03. The van der Waals surface area contributed by atoms with Gasteiger partial charge in [0.25, 0.3) is 0 Å². The van der Waals surface area contributed by atoms with E-state index in [1.807, 2.05) is 0 Å². The number of likely N-dealkylation sites (tertiary alicyclic amines) is 1. The lowest BCUT2D eigenvalue weighted by Crippen LogP contribution is -2.55. The molecule has 0 saturated carbocycles. The molecular formula is C19H27FN4O2. The Morgan fingerprint density at radius 2 is 1.58 bits per heavy atom. The van der Waals surface area contributed by atoms with E-state index in [1.54, 1.807) is 29.0 Å². The van der Waals surface area contributed by atoms with Gasteiger partial charge in [0.05, 0.1) is 0 Å². The van der Waals surface area contributed by atoms with E-state index in [2.05, 4.69) is 16.8 Å². The lowest BCUT2D eigenvalue weighted by atomic mass is 10.0. The fourth-order valence-corrected chi connectivity index (χ4v) is 3.65. The third-order valence-corrected chi connectivity index (χ3v) is 5.50. The fraction of sp³-hybridized carbons (Fsp3) is 0.579. The van der Waals surface area contributed by atoms with Crippen molar-refractivity contribution in [3.05, 3.63) is 30.1 Å². The van der Waals surface area contributed by atoms with E-state index in [-0.39, 0.29) is 11.9 Å². The molecule has 3 rings (SSSR count). The molecule has 1 aromatic carbocycles. The SMILES string of the molecule is CN1CCC(N(C)C(=O)C(=O)N2CCN(c3ccc(F)cc3)CC2)CC1. The van der Waals surface area contributed by atoms with Crippen molar-refractivity contribution in [3.63, 3.8) is 0 Å². The number of likely N-dealkylation sites (N-methyl/N-ethyl adjacent to an activating group) is 1. The summed E-state index contributed by atoms with van der Waals surface area (Å²) in [6.45, 7) is 4.19. The number of halogens is 1. The number of piperidine rings is 1. The number of benzene rings is 1. The van der Waals surface area contributed by atoms with E-state index in [0.717, 1.165) is 31.6 Å². The summed E-state index contributed by atoms with van der Waals surface area (Å²) in [6, 6.07) is 6.50. The molecule has 0 spiro atoms. The zero-order chi connectivity index (χ0) is 18.7. The van der Waals surface area contributed by atoms with Crippen LogP contribution >= 0.6 is 0 Å². The highest BCUT2D eigenvalue weighted by molar-refractivity contribution is 6.34. The average molecular weight is 362 g/mol. The second-order valence-electron chi connectivity index (χ2n) is 7.21. The molecule has 6 nitrogen and oxygen atoms in total. The van der Waals surface area contributed by atoms with E-state index in [0.29, 0.717) is 26.2 Å². The molecule has 2 fully saturated rings. The Labute approximate surface area is 154 Å². The lowest BCUT2D eigenvalue weighted by Gasteiger charge is -2.38. The number of hydrogen-bond donors (Lipinski definition) is 0. The number of amides is 2. The van der Waals surface area contributed by atoms with E-state index >= 15 is 0 Å². The van der Waals surface area contributed by atoms with Crippen molar-refractivity contribution in [2.75, 3.05) is 58.3 Å². The molecule has 2 aliphatic rings. The Morgan fingerprint density at radius 3 is 2.15 bits per heavy atom. The van der Waals surface area contributed by atoms with Gasteiger partial charge in [-0.25, -0.2) is 4.39 Å². The van der Waals surface area contributed by atoms with E-state index in [9.17, 15) is 14.0 Å². The van der Waals surface area contributed by atoms with Crippen molar-refractivity contribution in [1.29, 1.82) is 0 Å². The summed E-state index contributed by atoms with van der Waals surface area (Å²) in [5.74, 6) is -1.08. The van der Waals surface area contributed by atoms with Crippen LogP contribution in [-0.4, -0.2) is 85.9 Å². The predicted molar refractivity (Wildman–Crippen MR) is 98.5 cm³/mol. The minimum atomic E-state index is -0.412. The van der Waals surface area contributed by atoms with Gasteiger partial charge in [-0.2, -0.15) is 0 Å². The molecule has 2 aliphatic heterocycles. The molecule has 0 aromatic heterocycles. The van der Waals surface area contributed by atoms with Gasteiger partial charge < -0.3 is 19.6 Å². The van der Waals surface area contributed by atoms with Crippen LogP contribution in [0.5, 0.6) is 0 Å². The molecule has 26 heavy (non-hydrogen) atoms. The van der Waals surface area contributed by atoms with Gasteiger partial charge in [-0.05, 0) is 57.2 Å². The molecule has 0 radical (unpaired) electrons. The summed E-state index contributed by atoms with van der Waals surface area (Å²) in [6.07, 6.45) is 1.81. The summed E-state index contributed by atoms with van der Waals surface area (Å²) >= 11 is 0. The maximum atomic E-state index is 13.0. The normalized spacial score (nSPS) is 19.5. The number of carbonyl (C=O) groups excluding carboxylic acids is 2. The highest BCUT2D eigenvalue weighted by Crippen LogP contribution is 2.18. The minimum absolute atomic E-state index is 0.142. The Kier molecular flexibility index (Phi) is 5.76. The van der Waals surface area contributed by atoms with Crippen LogP contribution in [0.15, 0.2) is 24.3 Å². The zero-order valence-electron chi connectivity index (χ0n) is 15.5. The van der Waals surface area contributed by atoms with E-state index < -0.39 is 11.8 Å². The van der Waals surface area contributed by atoms with Crippen LogP contribution in [0.3, 0.4) is 0 Å². The molecule has 142 valence electrons. The summed E-state index contributed by atoms with van der Waals surface area (Å²) in [5.41, 5.74) is 0.938. The number of carbonyl (C=O) groups is 2. The molecule has 2 heterocycles. The summed E-state index contributed by atoms with van der Waals surface area (Å²) in [5, 5.41) is 0. The molecule has 0 unspecified atom stereocenters. The largest absolute Gasteiger partial charge is 0.368 e. The van der Waals surface area contributed by atoms with Crippen molar-refractivity contribution < 1.29 is 14.0 Å². The molecule has 0 atom stereocenters. The maximum absolute atomic E-state index is 13.0. The highest BCUT2D eigenvalue weighted by atomic mass is 19.1. The molecule has 0 aliphatic carbocycles. The van der Waals surface area contributed by atoms with E-state index in [1.165, 1.54) is 12.1 Å². The van der Waals surface area contributed by atoms with Crippen LogP contribution in [0.4, 0.5) is 10.1 Å². The maximum Gasteiger partial charge on any atom is 0.312 e. The van der Waals surface area contributed by atoms with Gasteiger partial charge >= 0.3 is 11.8 Å². The second-order valence-corrected chi connectivity index (χ2v) is 7.21. The Bertz CT molecular complexity index is 635. The first-order chi connectivity index (χ1) is 12.5. The fourth-order valence-electron chi connectivity index (χ4n) is 3.65. The molecule has 1 aromatic rings. The molecule has 2 saturated heterocycles. The van der Waals surface area contributed by atoms with Crippen LogP contribution in [0.1, 0.15) is 12.8 Å². The topological polar surface area (TPSA) is 47.1 Å². The molecular weight excluding hydrogens is 335 g/mol. The number of anilines is 1. The van der Waals surface area contributed by atoms with Gasteiger partial charge in [-0.3, -0.25) is 9.59 Å². The molecule has 0 bridgehead atoms. The number of hydrogen-bond acceptors (Lipinski definition) is 4. The Hall–Kier alpha value is -2.15. The van der Waals surface area contributed by atoms with Crippen LogP contribution in [-0.2, 0) is 9.59 Å². The quantitative estimate of drug-likeness (QED) is 0.738. The first-order valence-corrected chi connectivity index (χ1v) is 9.21. The highest BCUT2D eigenvalue weighted by Gasteiger charge is 2.32. The average Bonchev–Trinajstić information content (AvgIpc) is 2.67. The van der Waals surface area contributed by atoms with Gasteiger partial charge in [-0.1, -0.05) is 0 Å². The molecule has 2 amide bonds. The monoisotopic (exact) mass is 362 g/mol. The Balaban J connectivity index is 1.52. The van der Waals surface area contributed by atoms with Crippen LogP contribution < -0.4 is 4.90 Å². The van der Waals surface area contributed by atoms with Gasteiger partial charge in [0.1, 0.15) is 5.82 Å².